The number of piperazine rings is 1. The number of carbonyl (C=O) groups is 1. The Morgan fingerprint density at radius 1 is 1.09 bits per heavy atom. The summed E-state index contributed by atoms with van der Waals surface area (Å²) in [6.07, 6.45) is 0. The van der Waals surface area contributed by atoms with Crippen LogP contribution in [-0.2, 0) is 10.0 Å². The molecule has 13 heteroatoms. The number of sulfonamides is 1. The first-order valence-electron chi connectivity index (χ1n) is 9.90. The zero-order valence-electron chi connectivity index (χ0n) is 17.5. The number of amides is 1. The second-order valence-corrected chi connectivity index (χ2v) is 9.74. The smallest absolute Gasteiger partial charge is 0.276 e. The van der Waals surface area contributed by atoms with Crippen LogP contribution in [0.2, 0.25) is 5.02 Å². The lowest BCUT2D eigenvalue weighted by molar-refractivity contribution is -0.384. The number of nitro benzene ring substituents is 1. The highest BCUT2D eigenvalue weighted by Crippen LogP contribution is 2.22. The van der Waals surface area contributed by atoms with E-state index >= 15 is 0 Å². The van der Waals surface area contributed by atoms with Crippen LogP contribution in [0.5, 0.6) is 0 Å². The molecule has 0 spiro atoms. The highest BCUT2D eigenvalue weighted by molar-refractivity contribution is 7.89. The minimum atomic E-state index is -3.73. The maximum absolute atomic E-state index is 13.0. The van der Waals surface area contributed by atoms with Crippen LogP contribution in [-0.4, -0.2) is 69.6 Å². The summed E-state index contributed by atoms with van der Waals surface area (Å²) in [5, 5.41) is 19.3. The van der Waals surface area contributed by atoms with Gasteiger partial charge >= 0.3 is 0 Å². The largest absolute Gasteiger partial charge is 0.335 e. The molecule has 0 unspecified atom stereocenters. The van der Waals surface area contributed by atoms with Crippen LogP contribution < -0.4 is 0 Å². The fourth-order valence-corrected chi connectivity index (χ4v) is 5.29. The fourth-order valence-electron chi connectivity index (χ4n) is 3.57. The molecule has 2 heterocycles. The molecule has 3 aromatic rings. The predicted octanol–water partition coefficient (Wildman–Crippen LogP) is 2.28. The topological polar surface area (TPSA) is 132 Å². The fraction of sp³-hybridized carbons (Fsp3) is 0.250. The highest BCUT2D eigenvalue weighted by Gasteiger charge is 2.32. The van der Waals surface area contributed by atoms with E-state index in [0.717, 1.165) is 0 Å². The molecule has 0 bridgehead atoms. The zero-order valence-corrected chi connectivity index (χ0v) is 19.0. The van der Waals surface area contributed by atoms with E-state index in [1.807, 2.05) is 0 Å². The van der Waals surface area contributed by atoms with Crippen molar-refractivity contribution in [3.63, 3.8) is 0 Å². The quantitative estimate of drug-likeness (QED) is 0.396. The first-order valence-corrected chi connectivity index (χ1v) is 11.7. The van der Waals surface area contributed by atoms with Crippen LogP contribution in [0, 0.1) is 17.0 Å². The molecule has 11 nitrogen and oxygen atoms in total. The van der Waals surface area contributed by atoms with E-state index in [2.05, 4.69) is 10.3 Å². The van der Waals surface area contributed by atoms with Crippen LogP contribution in [0.1, 0.15) is 16.2 Å². The number of nitro groups is 1. The first kappa shape index (κ1) is 22.8. The highest BCUT2D eigenvalue weighted by atomic mass is 35.5. The first-order chi connectivity index (χ1) is 15.7. The van der Waals surface area contributed by atoms with Crippen molar-refractivity contribution < 1.29 is 18.1 Å². The Morgan fingerprint density at radius 2 is 1.79 bits per heavy atom. The van der Waals surface area contributed by atoms with Crippen LogP contribution in [0.4, 0.5) is 5.69 Å². The summed E-state index contributed by atoms with van der Waals surface area (Å²) in [5.41, 5.74) is 0.833. The van der Waals surface area contributed by atoms with Gasteiger partial charge in [0.2, 0.25) is 10.0 Å². The number of aromatic nitrogens is 3. The van der Waals surface area contributed by atoms with Gasteiger partial charge in [-0.3, -0.25) is 14.9 Å². The monoisotopic (exact) mass is 490 g/mol. The third kappa shape index (κ3) is 4.45. The van der Waals surface area contributed by atoms with E-state index in [4.69, 9.17) is 11.6 Å². The number of benzene rings is 2. The Morgan fingerprint density at radius 3 is 2.45 bits per heavy atom. The summed E-state index contributed by atoms with van der Waals surface area (Å²) in [7, 11) is -3.73. The number of hydrogen-bond donors (Lipinski definition) is 0. The second-order valence-electron chi connectivity index (χ2n) is 7.37. The maximum Gasteiger partial charge on any atom is 0.276 e. The Hall–Kier alpha value is -3.35. The summed E-state index contributed by atoms with van der Waals surface area (Å²) in [6.45, 7) is 2.26. The average molecular weight is 491 g/mol. The van der Waals surface area contributed by atoms with E-state index in [0.29, 0.717) is 16.4 Å². The standard InChI is InChI=1S/C20H19ClN6O5S/c1-14-19(22-23-26(14)16-5-3-6-17(13-16)27(29)30)20(28)24-8-10-25(11-9-24)33(31,32)18-7-2-4-15(21)12-18/h2-7,12-13H,8-11H2,1H3. The van der Waals surface area contributed by atoms with Crippen molar-refractivity contribution >= 4 is 33.2 Å². The number of rotatable bonds is 5. The van der Waals surface area contributed by atoms with Gasteiger partial charge in [-0.1, -0.05) is 28.9 Å². The van der Waals surface area contributed by atoms with Gasteiger partial charge in [0.1, 0.15) is 0 Å². The SMILES string of the molecule is Cc1c(C(=O)N2CCN(S(=O)(=O)c3cccc(Cl)c3)CC2)nnn1-c1cccc([N+](=O)[O-])c1. The summed E-state index contributed by atoms with van der Waals surface area (Å²) in [4.78, 5) is 25.2. The number of nitrogens with zero attached hydrogens (tertiary/aromatic N) is 6. The molecule has 1 aliphatic heterocycles. The molecular formula is C20H19ClN6O5S. The summed E-state index contributed by atoms with van der Waals surface area (Å²) < 4.78 is 28.4. The van der Waals surface area contributed by atoms with Crippen molar-refractivity contribution in [3.05, 3.63) is 75.1 Å². The van der Waals surface area contributed by atoms with Gasteiger partial charge in [-0.05, 0) is 31.2 Å². The molecule has 1 fully saturated rings. The van der Waals surface area contributed by atoms with Crippen molar-refractivity contribution in [3.8, 4) is 5.69 Å². The normalized spacial score (nSPS) is 14.9. The molecule has 1 saturated heterocycles. The van der Waals surface area contributed by atoms with Gasteiger partial charge in [0, 0.05) is 43.3 Å². The zero-order chi connectivity index (χ0) is 23.8. The number of non-ortho nitro benzene ring substituents is 1. The third-order valence-electron chi connectivity index (χ3n) is 5.34. The van der Waals surface area contributed by atoms with E-state index in [1.54, 1.807) is 25.1 Å². The lowest BCUT2D eigenvalue weighted by atomic mass is 10.2. The van der Waals surface area contributed by atoms with Crippen molar-refractivity contribution in [1.82, 2.24) is 24.2 Å². The van der Waals surface area contributed by atoms with Crippen molar-refractivity contribution in [2.75, 3.05) is 26.2 Å². The van der Waals surface area contributed by atoms with Gasteiger partial charge < -0.3 is 4.90 Å². The van der Waals surface area contributed by atoms with Crippen LogP contribution in [0.15, 0.2) is 53.4 Å². The second kappa shape index (κ2) is 8.89. The molecule has 0 aliphatic carbocycles. The molecule has 1 aliphatic rings. The number of halogens is 1. The summed E-state index contributed by atoms with van der Waals surface area (Å²) >= 11 is 5.92. The molecule has 1 amide bonds. The average Bonchev–Trinajstić information content (AvgIpc) is 3.20. The number of carbonyl (C=O) groups excluding carboxylic acids is 1. The minimum absolute atomic E-state index is 0.102. The van der Waals surface area contributed by atoms with Crippen molar-refractivity contribution in [2.45, 2.75) is 11.8 Å². The maximum atomic E-state index is 13.0. The van der Waals surface area contributed by atoms with Crippen LogP contribution in [0.25, 0.3) is 5.69 Å². The van der Waals surface area contributed by atoms with Gasteiger partial charge in [0.15, 0.2) is 5.69 Å². The molecule has 33 heavy (non-hydrogen) atoms. The Bertz CT molecular complexity index is 1330. The molecular weight excluding hydrogens is 472 g/mol. The van der Waals surface area contributed by atoms with Gasteiger partial charge in [-0.25, -0.2) is 13.1 Å². The Balaban J connectivity index is 1.49. The molecule has 0 atom stereocenters. The lowest BCUT2D eigenvalue weighted by Gasteiger charge is -2.33. The molecule has 4 rings (SSSR count). The minimum Gasteiger partial charge on any atom is -0.335 e. The van der Waals surface area contributed by atoms with Crippen LogP contribution >= 0.6 is 11.6 Å². The van der Waals surface area contributed by atoms with E-state index in [-0.39, 0.29) is 48.4 Å². The third-order valence-corrected chi connectivity index (χ3v) is 7.47. The van der Waals surface area contributed by atoms with Gasteiger partial charge in [-0.2, -0.15) is 4.31 Å². The molecule has 172 valence electrons. The van der Waals surface area contributed by atoms with Gasteiger partial charge in [0.25, 0.3) is 11.6 Å². The predicted molar refractivity (Wildman–Crippen MR) is 119 cm³/mol. The molecule has 0 N–H and O–H groups in total. The van der Waals surface area contributed by atoms with E-state index in [9.17, 15) is 23.3 Å². The molecule has 0 radical (unpaired) electrons. The van der Waals surface area contributed by atoms with Crippen molar-refractivity contribution in [2.24, 2.45) is 0 Å². The summed E-state index contributed by atoms with van der Waals surface area (Å²) in [6, 6.07) is 11.9. The molecule has 0 saturated carbocycles. The summed E-state index contributed by atoms with van der Waals surface area (Å²) in [5.74, 6) is -0.385. The Labute approximate surface area is 194 Å². The lowest BCUT2D eigenvalue weighted by Crippen LogP contribution is -2.50. The van der Waals surface area contributed by atoms with E-state index < -0.39 is 14.9 Å². The van der Waals surface area contributed by atoms with E-state index in [1.165, 1.54) is 44.2 Å². The van der Waals surface area contributed by atoms with Gasteiger partial charge in [-0.15, -0.1) is 5.10 Å². The number of hydrogen-bond acceptors (Lipinski definition) is 7. The van der Waals surface area contributed by atoms with Crippen molar-refractivity contribution in [1.29, 1.82) is 0 Å². The van der Waals surface area contributed by atoms with Crippen LogP contribution in [0.3, 0.4) is 0 Å². The van der Waals surface area contributed by atoms with Gasteiger partial charge in [0.05, 0.1) is 21.2 Å². The Kier molecular flexibility index (Phi) is 6.15. The molecule has 1 aromatic heterocycles. The molecule has 2 aromatic carbocycles.